The molecule has 1 aromatic rings. The zero-order valence-corrected chi connectivity index (χ0v) is 6.91. The summed E-state index contributed by atoms with van der Waals surface area (Å²) in [6, 6.07) is 2.04. The molecular weight excluding hydrogens is 157 g/mol. The van der Waals surface area contributed by atoms with Crippen molar-refractivity contribution in [2.24, 2.45) is 0 Å². The number of rotatable bonds is 1. The lowest BCUT2D eigenvalue weighted by molar-refractivity contribution is 0.325. The fourth-order valence-corrected chi connectivity index (χ4v) is 5.53. The molecule has 0 fully saturated rings. The minimum atomic E-state index is -0.166. The van der Waals surface area contributed by atoms with E-state index < -0.39 is 0 Å². The highest BCUT2D eigenvalue weighted by atomic mass is 32.2. The lowest BCUT2D eigenvalue weighted by Crippen LogP contribution is -1.54. The number of hydrogen-bond donors (Lipinski definition) is 1. The fraction of sp³-hybridized carbons (Fsp3) is 0.250. The van der Waals surface area contributed by atoms with Gasteiger partial charge in [0, 0.05) is 5.80 Å². The van der Waals surface area contributed by atoms with Crippen LogP contribution in [0.2, 0.25) is 0 Å². The predicted octanol–water partition coefficient (Wildman–Crippen LogP) is 3.06. The molecule has 0 aliphatic heterocycles. The number of hydrogen-bond acceptors (Lipinski definition) is 1. The van der Waals surface area contributed by atoms with Crippen molar-refractivity contribution in [2.75, 3.05) is 0 Å². The molecule has 1 heterocycles. The Labute approximate surface area is 52.4 Å². The van der Waals surface area contributed by atoms with Crippen LogP contribution in [0.15, 0.2) is 17.7 Å². The first-order valence-corrected chi connectivity index (χ1v) is 7.08. The van der Waals surface area contributed by atoms with Gasteiger partial charge in [-0.2, -0.15) is 0 Å². The minimum absolute atomic E-state index is 0.166. The second-order valence-corrected chi connectivity index (χ2v) is 7.83. The molecule has 0 saturated heterocycles. The highest BCUT2D eigenvalue weighted by Gasteiger charge is 1.94. The van der Waals surface area contributed by atoms with Gasteiger partial charge >= 0.3 is 0 Å². The average Bonchev–Trinajstić information content (AvgIpc) is 1.90. The standard InChI is InChI=1S/C4H6OP3/c5-4-8-3-1-2-6-7-8/h1-3,5H,4H2/q+1. The van der Waals surface area contributed by atoms with Crippen LogP contribution in [-0.4, -0.2) is 5.11 Å². The van der Waals surface area contributed by atoms with Crippen LogP contribution in [0.3, 0.4) is 0 Å². The smallest absolute Gasteiger partial charge is 0.205 e. The van der Waals surface area contributed by atoms with Crippen molar-refractivity contribution in [3.05, 3.63) is 17.7 Å². The molecule has 0 aromatic carbocycles. The molecule has 1 nitrogen and oxygen atoms in total. The van der Waals surface area contributed by atoms with Crippen molar-refractivity contribution >= 4 is 22.6 Å². The zero-order chi connectivity index (χ0) is 5.82. The first-order valence-electron chi connectivity index (χ1n) is 2.22. The Hall–Kier alpha value is 0.470. The van der Waals surface area contributed by atoms with Crippen molar-refractivity contribution in [3.8, 4) is 0 Å². The molecule has 1 unspecified atom stereocenters. The van der Waals surface area contributed by atoms with Gasteiger partial charge in [0.15, 0.2) is 7.87 Å². The van der Waals surface area contributed by atoms with Crippen molar-refractivity contribution in [3.63, 3.8) is 0 Å². The summed E-state index contributed by atoms with van der Waals surface area (Å²) in [6.45, 7) is 0. The normalized spacial score (nSPS) is 13.4. The topological polar surface area (TPSA) is 20.2 Å². The Bertz CT molecular complexity index is 153. The average molecular weight is 163 g/mol. The molecule has 0 aliphatic rings. The first kappa shape index (κ1) is 6.59. The second kappa shape index (κ2) is 3.49. The maximum atomic E-state index is 8.64. The molecule has 0 bridgehead atoms. The summed E-state index contributed by atoms with van der Waals surface area (Å²) in [4.78, 5) is 0. The molecule has 1 atom stereocenters. The van der Waals surface area contributed by atoms with Crippen molar-refractivity contribution in [1.82, 2.24) is 0 Å². The van der Waals surface area contributed by atoms with E-state index in [0.717, 1.165) is 0 Å². The molecule has 1 rings (SSSR count). The van der Waals surface area contributed by atoms with Crippen LogP contribution in [-0.2, 0) is 6.35 Å². The van der Waals surface area contributed by atoms with E-state index in [1.807, 2.05) is 6.07 Å². The fourth-order valence-electron chi connectivity index (χ4n) is 0.378. The molecular formula is C4H6OP3+. The van der Waals surface area contributed by atoms with Gasteiger partial charge < -0.3 is 5.11 Å². The van der Waals surface area contributed by atoms with Crippen LogP contribution in [0.5, 0.6) is 0 Å². The summed E-state index contributed by atoms with van der Waals surface area (Å²) in [5, 5.41) is 8.64. The minimum Gasteiger partial charge on any atom is -0.371 e. The molecule has 0 spiro atoms. The van der Waals surface area contributed by atoms with Crippen LogP contribution in [0.1, 0.15) is 0 Å². The quantitative estimate of drug-likeness (QED) is 0.674. The van der Waals surface area contributed by atoms with Gasteiger partial charge in [-0.1, -0.05) is 0 Å². The van der Waals surface area contributed by atoms with Crippen LogP contribution in [0.25, 0.3) is 0 Å². The van der Waals surface area contributed by atoms with Crippen molar-refractivity contribution < 1.29 is 5.11 Å². The Morgan fingerprint density at radius 3 is 2.88 bits per heavy atom. The molecule has 0 saturated carbocycles. The summed E-state index contributed by atoms with van der Waals surface area (Å²) in [6.07, 6.45) is 0.355. The van der Waals surface area contributed by atoms with E-state index in [-0.39, 0.29) is 7.21 Å². The van der Waals surface area contributed by atoms with E-state index in [4.69, 9.17) is 5.11 Å². The molecule has 42 valence electrons. The molecule has 0 radical (unpaired) electrons. The van der Waals surface area contributed by atoms with Crippen LogP contribution in [0.4, 0.5) is 0 Å². The van der Waals surface area contributed by atoms with Gasteiger partial charge in [0.05, 0.1) is 13.0 Å². The highest BCUT2D eigenvalue weighted by molar-refractivity contribution is 8.20. The largest absolute Gasteiger partial charge is 0.371 e. The molecule has 1 aromatic heterocycles. The summed E-state index contributed by atoms with van der Waals surface area (Å²) >= 11 is 0. The van der Waals surface area contributed by atoms with E-state index in [0.29, 0.717) is 6.35 Å². The summed E-state index contributed by atoms with van der Waals surface area (Å²) in [7, 11) is 2.54. The third kappa shape index (κ3) is 1.77. The van der Waals surface area contributed by atoms with Gasteiger partial charge in [-0.05, 0) is 6.07 Å². The second-order valence-electron chi connectivity index (χ2n) is 1.28. The Balaban J connectivity index is 2.83. The van der Waals surface area contributed by atoms with E-state index in [2.05, 4.69) is 11.6 Å². The van der Waals surface area contributed by atoms with Gasteiger partial charge in [-0.25, -0.2) is 0 Å². The predicted molar refractivity (Wildman–Crippen MR) is 40.8 cm³/mol. The zero-order valence-electron chi connectivity index (χ0n) is 4.23. The lowest BCUT2D eigenvalue weighted by atomic mass is 10.8. The summed E-state index contributed by atoms with van der Waals surface area (Å²) < 4.78 is 0. The van der Waals surface area contributed by atoms with Gasteiger partial charge in [0.25, 0.3) is 0 Å². The van der Waals surface area contributed by atoms with Crippen LogP contribution in [0, 0.1) is 0 Å². The maximum Gasteiger partial charge on any atom is 0.205 e. The van der Waals surface area contributed by atoms with E-state index >= 15 is 0 Å². The van der Waals surface area contributed by atoms with Crippen LogP contribution < -0.4 is 0 Å². The first-order chi connectivity index (χ1) is 3.93. The van der Waals surface area contributed by atoms with Crippen LogP contribution >= 0.6 is 22.6 Å². The third-order valence-electron chi connectivity index (χ3n) is 0.722. The van der Waals surface area contributed by atoms with Gasteiger partial charge in [-0.3, -0.25) is 0 Å². The maximum absolute atomic E-state index is 8.64. The molecule has 4 heteroatoms. The molecule has 0 amide bonds. The van der Waals surface area contributed by atoms with Gasteiger partial charge in [-0.15, -0.1) is 0 Å². The number of aliphatic hydroxyl groups excluding tert-OH is 1. The Kier molecular flexibility index (Phi) is 2.87. The van der Waals surface area contributed by atoms with Crippen molar-refractivity contribution in [1.29, 1.82) is 0 Å². The lowest BCUT2D eigenvalue weighted by Gasteiger charge is -1.77. The Morgan fingerprint density at radius 2 is 2.50 bits per heavy atom. The van der Waals surface area contributed by atoms with Crippen molar-refractivity contribution in [2.45, 2.75) is 6.35 Å². The third-order valence-corrected chi connectivity index (χ3v) is 7.34. The monoisotopic (exact) mass is 163 g/mol. The van der Waals surface area contributed by atoms with E-state index in [1.165, 1.54) is 15.4 Å². The SMILES string of the molecule is OC[p+]1cccpp1. The Morgan fingerprint density at radius 1 is 1.62 bits per heavy atom. The van der Waals surface area contributed by atoms with Gasteiger partial charge in [0.1, 0.15) is 6.35 Å². The molecule has 8 heavy (non-hydrogen) atoms. The molecule has 0 aliphatic carbocycles. The van der Waals surface area contributed by atoms with Gasteiger partial charge in [0.2, 0.25) is 7.55 Å². The molecule has 1 N–H and O–H groups in total. The summed E-state index contributed by atoms with van der Waals surface area (Å²) in [5.74, 6) is 4.21. The highest BCUT2D eigenvalue weighted by Crippen LogP contribution is 2.42. The van der Waals surface area contributed by atoms with E-state index in [9.17, 15) is 0 Å². The summed E-state index contributed by atoms with van der Waals surface area (Å²) in [5.41, 5.74) is 0. The number of aliphatic hydroxyl groups is 1. The van der Waals surface area contributed by atoms with E-state index in [1.54, 1.807) is 0 Å².